The summed E-state index contributed by atoms with van der Waals surface area (Å²) in [6, 6.07) is 5.02. The fraction of sp³-hybridized carbons (Fsp3) is 0.522. The molecule has 0 unspecified atom stereocenters. The van der Waals surface area contributed by atoms with E-state index in [0.29, 0.717) is 13.0 Å². The third-order valence-electron chi connectivity index (χ3n) is 5.25. The van der Waals surface area contributed by atoms with Crippen LogP contribution in [0.2, 0.25) is 0 Å². The normalized spacial score (nSPS) is 21.1. The van der Waals surface area contributed by atoms with Crippen LogP contribution in [0.5, 0.6) is 0 Å². The van der Waals surface area contributed by atoms with Crippen molar-refractivity contribution in [2.24, 2.45) is 5.92 Å². The second-order valence-electron chi connectivity index (χ2n) is 7.72. The van der Waals surface area contributed by atoms with Gasteiger partial charge in [-0.05, 0) is 55.4 Å². The molecule has 0 spiro atoms. The minimum Gasteiger partial charge on any atom is -0.481 e. The van der Waals surface area contributed by atoms with Crippen molar-refractivity contribution in [3.8, 4) is 11.8 Å². The molecule has 6 heteroatoms. The first-order valence-electron chi connectivity index (χ1n) is 9.93. The van der Waals surface area contributed by atoms with Gasteiger partial charge in [-0.2, -0.15) is 13.2 Å². The van der Waals surface area contributed by atoms with Crippen LogP contribution in [0.4, 0.5) is 13.2 Å². The van der Waals surface area contributed by atoms with E-state index in [9.17, 15) is 23.1 Å². The number of allylic oxidation sites excluding steroid dienone is 1. The highest BCUT2D eigenvalue weighted by molar-refractivity contribution is 5.67. The number of hydrogen-bond acceptors (Lipinski definition) is 2. The lowest BCUT2D eigenvalue weighted by Gasteiger charge is -2.42. The van der Waals surface area contributed by atoms with E-state index in [1.165, 1.54) is 12.1 Å². The van der Waals surface area contributed by atoms with Gasteiger partial charge in [0.25, 0.3) is 0 Å². The molecule has 2 rings (SSSR count). The Morgan fingerprint density at radius 1 is 1.34 bits per heavy atom. The van der Waals surface area contributed by atoms with Gasteiger partial charge in [-0.25, -0.2) is 0 Å². The molecule has 1 fully saturated rings. The number of rotatable bonds is 6. The second kappa shape index (κ2) is 9.98. The summed E-state index contributed by atoms with van der Waals surface area (Å²) >= 11 is 0. The Morgan fingerprint density at radius 2 is 2.00 bits per heavy atom. The van der Waals surface area contributed by atoms with Crippen LogP contribution in [-0.4, -0.2) is 28.6 Å². The molecule has 3 atom stereocenters. The van der Waals surface area contributed by atoms with E-state index in [1.54, 1.807) is 0 Å². The monoisotopic (exact) mass is 407 g/mol. The van der Waals surface area contributed by atoms with Crippen LogP contribution in [0.25, 0.3) is 0 Å². The molecule has 1 aliphatic rings. The molecule has 0 bridgehead atoms. The topological polar surface area (TPSA) is 40.5 Å². The summed E-state index contributed by atoms with van der Waals surface area (Å²) in [7, 11) is 0. The van der Waals surface area contributed by atoms with Crippen LogP contribution in [0.15, 0.2) is 36.4 Å². The zero-order valence-corrected chi connectivity index (χ0v) is 16.9. The lowest BCUT2D eigenvalue weighted by Crippen LogP contribution is -2.43. The number of hydrogen-bond donors (Lipinski definition) is 1. The van der Waals surface area contributed by atoms with Crippen molar-refractivity contribution in [1.29, 1.82) is 0 Å². The van der Waals surface area contributed by atoms with Crippen molar-refractivity contribution >= 4 is 5.97 Å². The molecule has 1 saturated heterocycles. The molecule has 1 aromatic carbocycles. The Kier molecular flexibility index (Phi) is 7.92. The Hall–Kier alpha value is -2.26. The molecule has 1 N–H and O–H groups in total. The summed E-state index contributed by atoms with van der Waals surface area (Å²) in [5, 5.41) is 9.18. The fourth-order valence-corrected chi connectivity index (χ4v) is 3.88. The van der Waals surface area contributed by atoms with Crippen LogP contribution in [0.1, 0.15) is 63.1 Å². The van der Waals surface area contributed by atoms with Crippen molar-refractivity contribution in [1.82, 2.24) is 4.90 Å². The maximum Gasteiger partial charge on any atom is 0.416 e. The number of aliphatic carboxylic acids is 1. The molecule has 0 aliphatic carbocycles. The SMILES string of the molecule is C=C(C)C#C[C@H](CCC)N1CC[C@@H](CC(=O)O)C[C@H]1c1ccc(C(F)(F)F)cc1. The van der Waals surface area contributed by atoms with Gasteiger partial charge in [-0.15, -0.1) is 0 Å². The molecule has 0 amide bonds. The van der Waals surface area contributed by atoms with E-state index < -0.39 is 17.7 Å². The highest BCUT2D eigenvalue weighted by Gasteiger charge is 2.35. The molecule has 158 valence electrons. The number of carboxylic acid groups (broad SMARTS) is 1. The van der Waals surface area contributed by atoms with Gasteiger partial charge in [0.15, 0.2) is 0 Å². The van der Waals surface area contributed by atoms with Crippen molar-refractivity contribution in [3.63, 3.8) is 0 Å². The van der Waals surface area contributed by atoms with Gasteiger partial charge in [-0.1, -0.05) is 43.9 Å². The zero-order valence-electron chi connectivity index (χ0n) is 16.9. The van der Waals surface area contributed by atoms with E-state index in [0.717, 1.165) is 42.5 Å². The number of halogens is 3. The number of carbonyl (C=O) groups is 1. The molecule has 0 aromatic heterocycles. The average molecular weight is 407 g/mol. The highest BCUT2D eigenvalue weighted by atomic mass is 19.4. The molecule has 29 heavy (non-hydrogen) atoms. The lowest BCUT2D eigenvalue weighted by atomic mass is 9.83. The smallest absolute Gasteiger partial charge is 0.416 e. The van der Waals surface area contributed by atoms with Gasteiger partial charge in [0.05, 0.1) is 11.6 Å². The maximum atomic E-state index is 12.9. The Labute approximate surface area is 170 Å². The molecule has 1 aliphatic heterocycles. The predicted octanol–water partition coefficient (Wildman–Crippen LogP) is 5.68. The average Bonchev–Trinajstić information content (AvgIpc) is 2.64. The highest BCUT2D eigenvalue weighted by Crippen LogP contribution is 2.39. The van der Waals surface area contributed by atoms with Crippen LogP contribution < -0.4 is 0 Å². The van der Waals surface area contributed by atoms with Crippen LogP contribution in [-0.2, 0) is 11.0 Å². The third-order valence-corrected chi connectivity index (χ3v) is 5.25. The third kappa shape index (κ3) is 6.64. The Balaban J connectivity index is 2.36. The Morgan fingerprint density at radius 3 is 2.52 bits per heavy atom. The first-order valence-corrected chi connectivity index (χ1v) is 9.93. The number of nitrogens with zero attached hydrogens (tertiary/aromatic N) is 1. The summed E-state index contributed by atoms with van der Waals surface area (Å²) in [5.41, 5.74) is 0.849. The minimum absolute atomic E-state index is 0.00702. The lowest BCUT2D eigenvalue weighted by molar-refractivity contribution is -0.139. The van der Waals surface area contributed by atoms with Crippen molar-refractivity contribution in [2.75, 3.05) is 6.54 Å². The number of benzene rings is 1. The quantitative estimate of drug-likeness (QED) is 0.617. The summed E-state index contributed by atoms with van der Waals surface area (Å²) < 4.78 is 38.8. The fourth-order valence-electron chi connectivity index (χ4n) is 3.88. The molecule has 3 nitrogen and oxygen atoms in total. The van der Waals surface area contributed by atoms with Gasteiger partial charge in [0, 0.05) is 19.0 Å². The summed E-state index contributed by atoms with van der Waals surface area (Å²) in [4.78, 5) is 13.4. The first-order chi connectivity index (χ1) is 13.6. The molecular weight excluding hydrogens is 379 g/mol. The largest absolute Gasteiger partial charge is 0.481 e. The first kappa shape index (κ1) is 23.0. The van der Waals surface area contributed by atoms with Gasteiger partial charge in [0.2, 0.25) is 0 Å². The van der Waals surface area contributed by atoms with Crippen LogP contribution in [0.3, 0.4) is 0 Å². The van der Waals surface area contributed by atoms with E-state index >= 15 is 0 Å². The van der Waals surface area contributed by atoms with E-state index in [4.69, 9.17) is 0 Å². The maximum absolute atomic E-state index is 12.9. The summed E-state index contributed by atoms with van der Waals surface area (Å²) in [6.07, 6.45) is -1.23. The van der Waals surface area contributed by atoms with Crippen LogP contribution >= 0.6 is 0 Å². The van der Waals surface area contributed by atoms with E-state index in [-0.39, 0.29) is 24.4 Å². The predicted molar refractivity (Wildman–Crippen MR) is 107 cm³/mol. The molecule has 0 saturated carbocycles. The van der Waals surface area contributed by atoms with Crippen molar-refractivity contribution in [2.45, 2.75) is 64.2 Å². The number of carboxylic acids is 1. The minimum atomic E-state index is -4.38. The van der Waals surface area contributed by atoms with Gasteiger partial charge < -0.3 is 5.11 Å². The van der Waals surface area contributed by atoms with E-state index in [1.807, 2.05) is 6.92 Å². The number of alkyl halides is 3. The van der Waals surface area contributed by atoms with Crippen molar-refractivity contribution in [3.05, 3.63) is 47.5 Å². The van der Waals surface area contributed by atoms with Gasteiger partial charge in [-0.3, -0.25) is 9.69 Å². The number of likely N-dealkylation sites (tertiary alicyclic amines) is 1. The standard InChI is InChI=1S/C23H28F3NO2/c1-4-5-20(11-6-16(2)3)27-13-12-17(15-22(28)29)14-21(27)18-7-9-19(10-8-18)23(24,25)26/h7-10,17,20-21H,2,4-5,12-15H2,1,3H3,(H,28,29)/t17-,20+,21+/m1/s1. The molecule has 1 heterocycles. The molecule has 0 radical (unpaired) electrons. The number of piperidine rings is 1. The molecular formula is C23H28F3NO2. The summed E-state index contributed by atoms with van der Waals surface area (Å²) in [5.74, 6) is 5.45. The summed E-state index contributed by atoms with van der Waals surface area (Å²) in [6.45, 7) is 8.39. The van der Waals surface area contributed by atoms with Crippen molar-refractivity contribution < 1.29 is 23.1 Å². The van der Waals surface area contributed by atoms with Crippen LogP contribution in [0, 0.1) is 17.8 Å². The van der Waals surface area contributed by atoms with Gasteiger partial charge >= 0.3 is 12.1 Å². The Bertz CT molecular complexity index is 774. The van der Waals surface area contributed by atoms with E-state index in [2.05, 4.69) is 30.2 Å². The zero-order chi connectivity index (χ0) is 21.6. The van der Waals surface area contributed by atoms with Gasteiger partial charge in [0.1, 0.15) is 0 Å². The second-order valence-corrected chi connectivity index (χ2v) is 7.72. The molecule has 1 aromatic rings.